The third-order valence-electron chi connectivity index (χ3n) is 6.64. The fourth-order valence-corrected chi connectivity index (χ4v) is 5.33. The van der Waals surface area contributed by atoms with E-state index in [1.165, 1.54) is 23.2 Å². The van der Waals surface area contributed by atoms with Gasteiger partial charge >= 0.3 is 0 Å². The lowest BCUT2D eigenvalue weighted by Gasteiger charge is -2.28. The second-order valence-corrected chi connectivity index (χ2v) is 8.81. The van der Waals surface area contributed by atoms with Crippen LogP contribution in [-0.2, 0) is 13.2 Å². The van der Waals surface area contributed by atoms with Crippen molar-refractivity contribution in [1.29, 1.82) is 0 Å². The summed E-state index contributed by atoms with van der Waals surface area (Å²) >= 11 is 0. The molecule has 0 radical (unpaired) electrons. The van der Waals surface area contributed by atoms with Crippen LogP contribution in [0.4, 0.5) is 0 Å². The Hall–Kier alpha value is -1.88. The summed E-state index contributed by atoms with van der Waals surface area (Å²) < 4.78 is 5.77. The second kappa shape index (κ2) is 8.86. The molecule has 0 aliphatic carbocycles. The van der Waals surface area contributed by atoms with Crippen LogP contribution in [0.3, 0.4) is 0 Å². The summed E-state index contributed by atoms with van der Waals surface area (Å²) in [4.78, 5) is 5.15. The number of fused-ring (bicyclic) bond motifs is 1. The molecule has 0 unspecified atom stereocenters. The SMILES string of the molecule is CCCOc1ccc(CN2C[C@@H]3CN(C)[C@@H](c4ccccc4C)[C@@H]3C2)cc1CO. The van der Waals surface area contributed by atoms with E-state index in [4.69, 9.17) is 4.74 Å². The normalized spacial score (nSPS) is 24.8. The summed E-state index contributed by atoms with van der Waals surface area (Å²) in [6, 6.07) is 15.7. The highest BCUT2D eigenvalue weighted by Crippen LogP contribution is 2.45. The molecule has 156 valence electrons. The number of benzene rings is 2. The van der Waals surface area contributed by atoms with Gasteiger partial charge in [0.05, 0.1) is 13.2 Å². The topological polar surface area (TPSA) is 35.9 Å². The van der Waals surface area contributed by atoms with E-state index in [0.29, 0.717) is 18.6 Å². The van der Waals surface area contributed by atoms with Crippen molar-refractivity contribution in [3.05, 3.63) is 64.7 Å². The van der Waals surface area contributed by atoms with Crippen LogP contribution in [0.15, 0.2) is 42.5 Å². The second-order valence-electron chi connectivity index (χ2n) is 8.81. The molecule has 2 saturated heterocycles. The number of rotatable bonds is 7. The molecule has 0 aromatic heterocycles. The first-order valence-electron chi connectivity index (χ1n) is 10.9. The van der Waals surface area contributed by atoms with Gasteiger partial charge in [-0.15, -0.1) is 0 Å². The van der Waals surface area contributed by atoms with E-state index in [2.05, 4.69) is 67.1 Å². The van der Waals surface area contributed by atoms with Crippen molar-refractivity contribution in [2.45, 2.75) is 39.5 Å². The Kier molecular flexibility index (Phi) is 6.23. The number of hydrogen-bond acceptors (Lipinski definition) is 4. The number of nitrogens with zero attached hydrogens (tertiary/aromatic N) is 2. The number of aryl methyl sites for hydroxylation is 1. The van der Waals surface area contributed by atoms with Crippen molar-refractivity contribution in [2.24, 2.45) is 11.8 Å². The smallest absolute Gasteiger partial charge is 0.124 e. The van der Waals surface area contributed by atoms with Gasteiger partial charge in [0.1, 0.15) is 5.75 Å². The van der Waals surface area contributed by atoms with Crippen LogP contribution in [0.1, 0.15) is 41.6 Å². The predicted molar refractivity (Wildman–Crippen MR) is 117 cm³/mol. The Morgan fingerprint density at radius 2 is 1.93 bits per heavy atom. The van der Waals surface area contributed by atoms with E-state index in [-0.39, 0.29) is 6.61 Å². The zero-order valence-corrected chi connectivity index (χ0v) is 18.0. The Morgan fingerprint density at radius 1 is 1.10 bits per heavy atom. The lowest BCUT2D eigenvalue weighted by molar-refractivity contribution is 0.223. The van der Waals surface area contributed by atoms with E-state index in [0.717, 1.165) is 43.3 Å². The standard InChI is InChI=1S/C25H34N2O2/c1-4-11-29-24-10-9-19(12-20(24)17-28)13-27-15-21-14-26(3)25(23(21)16-27)22-8-6-5-7-18(22)2/h5-10,12,21,23,25,28H,4,11,13-17H2,1-3H3/t21-,23+,25-/m0/s1. The minimum Gasteiger partial charge on any atom is -0.493 e. The van der Waals surface area contributed by atoms with Crippen molar-refractivity contribution < 1.29 is 9.84 Å². The van der Waals surface area contributed by atoms with Crippen LogP contribution < -0.4 is 4.74 Å². The molecule has 1 N–H and O–H groups in total. The van der Waals surface area contributed by atoms with Crippen molar-refractivity contribution in [3.8, 4) is 5.75 Å². The molecular formula is C25H34N2O2. The minimum absolute atomic E-state index is 0.0261. The van der Waals surface area contributed by atoms with Gasteiger partial charge in [-0.1, -0.05) is 37.3 Å². The van der Waals surface area contributed by atoms with Crippen LogP contribution in [0.5, 0.6) is 5.75 Å². The number of aliphatic hydroxyl groups excluding tert-OH is 1. The Balaban J connectivity index is 1.46. The van der Waals surface area contributed by atoms with E-state index >= 15 is 0 Å². The summed E-state index contributed by atoms with van der Waals surface area (Å²) in [7, 11) is 2.28. The molecule has 4 heteroatoms. The zero-order valence-electron chi connectivity index (χ0n) is 18.0. The van der Waals surface area contributed by atoms with Crippen molar-refractivity contribution in [1.82, 2.24) is 9.80 Å². The van der Waals surface area contributed by atoms with Crippen LogP contribution >= 0.6 is 0 Å². The van der Waals surface area contributed by atoms with E-state index in [1.54, 1.807) is 0 Å². The Bertz CT molecular complexity index is 837. The zero-order chi connectivity index (χ0) is 20.4. The lowest BCUT2D eigenvalue weighted by atomic mass is 9.88. The fourth-order valence-electron chi connectivity index (χ4n) is 5.33. The van der Waals surface area contributed by atoms with E-state index in [1.807, 2.05) is 6.07 Å². The average molecular weight is 395 g/mol. The van der Waals surface area contributed by atoms with Gasteiger partial charge in [0.25, 0.3) is 0 Å². The summed E-state index contributed by atoms with van der Waals surface area (Å²) in [5.41, 5.74) is 5.05. The molecule has 2 aliphatic rings. The van der Waals surface area contributed by atoms with Gasteiger partial charge in [0.2, 0.25) is 0 Å². The van der Waals surface area contributed by atoms with Gasteiger partial charge in [-0.3, -0.25) is 9.80 Å². The largest absolute Gasteiger partial charge is 0.493 e. The molecule has 0 amide bonds. The monoisotopic (exact) mass is 394 g/mol. The molecule has 2 fully saturated rings. The first-order chi connectivity index (χ1) is 14.1. The van der Waals surface area contributed by atoms with E-state index < -0.39 is 0 Å². The summed E-state index contributed by atoms with van der Waals surface area (Å²) in [6.07, 6.45) is 0.972. The molecule has 29 heavy (non-hydrogen) atoms. The van der Waals surface area contributed by atoms with Gasteiger partial charge in [-0.2, -0.15) is 0 Å². The molecule has 0 bridgehead atoms. The Labute approximate surface area is 175 Å². The summed E-state index contributed by atoms with van der Waals surface area (Å²) in [6.45, 7) is 9.45. The Morgan fingerprint density at radius 3 is 2.69 bits per heavy atom. The number of ether oxygens (including phenoxy) is 1. The fraction of sp³-hybridized carbons (Fsp3) is 0.520. The van der Waals surface area contributed by atoms with Crippen molar-refractivity contribution in [2.75, 3.05) is 33.3 Å². The minimum atomic E-state index is 0.0261. The summed E-state index contributed by atoms with van der Waals surface area (Å²) in [5.74, 6) is 2.23. The maximum Gasteiger partial charge on any atom is 0.124 e. The number of likely N-dealkylation sites (tertiary alicyclic amines) is 2. The van der Waals surface area contributed by atoms with Gasteiger partial charge in [-0.05, 0) is 61.1 Å². The molecule has 2 aliphatic heterocycles. The predicted octanol–water partition coefficient (Wildman–Crippen LogP) is 4.01. The molecular weight excluding hydrogens is 360 g/mol. The van der Waals surface area contributed by atoms with Crippen LogP contribution in [-0.4, -0.2) is 48.2 Å². The van der Waals surface area contributed by atoms with Gasteiger partial charge in [-0.25, -0.2) is 0 Å². The highest BCUT2D eigenvalue weighted by molar-refractivity contribution is 5.37. The van der Waals surface area contributed by atoms with Crippen LogP contribution in [0, 0.1) is 18.8 Å². The van der Waals surface area contributed by atoms with Crippen molar-refractivity contribution >= 4 is 0 Å². The van der Waals surface area contributed by atoms with Gasteiger partial charge in [0.15, 0.2) is 0 Å². The average Bonchev–Trinajstić information content (AvgIpc) is 3.23. The molecule has 3 atom stereocenters. The first kappa shape index (κ1) is 20.4. The first-order valence-corrected chi connectivity index (χ1v) is 10.9. The third-order valence-corrected chi connectivity index (χ3v) is 6.64. The molecule has 2 aromatic carbocycles. The number of aliphatic hydroxyl groups is 1. The highest BCUT2D eigenvalue weighted by Gasteiger charge is 2.46. The lowest BCUT2D eigenvalue weighted by Crippen LogP contribution is -2.29. The highest BCUT2D eigenvalue weighted by atomic mass is 16.5. The maximum absolute atomic E-state index is 9.75. The molecule has 0 spiro atoms. The van der Waals surface area contributed by atoms with Crippen LogP contribution in [0.25, 0.3) is 0 Å². The quantitative estimate of drug-likeness (QED) is 0.770. The van der Waals surface area contributed by atoms with Crippen LogP contribution in [0.2, 0.25) is 0 Å². The molecule has 4 rings (SSSR count). The molecule has 0 saturated carbocycles. The molecule has 2 aromatic rings. The maximum atomic E-state index is 9.75. The van der Waals surface area contributed by atoms with Gasteiger partial charge < -0.3 is 9.84 Å². The molecule has 4 nitrogen and oxygen atoms in total. The molecule has 2 heterocycles. The third kappa shape index (κ3) is 4.20. The summed E-state index contributed by atoms with van der Waals surface area (Å²) in [5, 5.41) is 9.75. The van der Waals surface area contributed by atoms with Gasteiger partial charge in [0, 0.05) is 37.8 Å². The van der Waals surface area contributed by atoms with E-state index in [9.17, 15) is 5.11 Å². The van der Waals surface area contributed by atoms with Crippen molar-refractivity contribution in [3.63, 3.8) is 0 Å². The number of hydrogen-bond donors (Lipinski definition) is 1.